The number of alkyl halides is 3. The minimum absolute atomic E-state index is 0.125. The van der Waals surface area contributed by atoms with Crippen molar-refractivity contribution in [1.82, 2.24) is 0 Å². The second-order valence-corrected chi connectivity index (χ2v) is 5.16. The molecule has 1 atom stereocenters. The Hall–Kier alpha value is -2.17. The highest BCUT2D eigenvalue weighted by molar-refractivity contribution is 5.59. The zero-order valence-corrected chi connectivity index (χ0v) is 11.1. The Labute approximate surface area is 120 Å². The summed E-state index contributed by atoms with van der Waals surface area (Å²) in [5.74, 6) is -0.0183. The molecule has 2 aromatic rings. The van der Waals surface area contributed by atoms with Crippen LogP contribution in [0.4, 0.5) is 18.9 Å². The summed E-state index contributed by atoms with van der Waals surface area (Å²) in [4.78, 5) is 0. The Bertz CT molecular complexity index is 667. The smallest absolute Gasteiger partial charge is 0.416 e. The second-order valence-electron chi connectivity index (χ2n) is 5.16. The first-order valence-corrected chi connectivity index (χ1v) is 6.69. The van der Waals surface area contributed by atoms with E-state index in [4.69, 9.17) is 0 Å². The number of benzene rings is 2. The number of hydrogen-bond acceptors (Lipinski definition) is 2. The molecule has 5 heteroatoms. The third kappa shape index (κ3) is 2.68. The first kappa shape index (κ1) is 13.8. The first-order valence-electron chi connectivity index (χ1n) is 6.69. The molecule has 2 nitrogen and oxygen atoms in total. The number of anilines is 1. The highest BCUT2D eigenvalue weighted by Crippen LogP contribution is 2.40. The molecule has 3 rings (SSSR count). The van der Waals surface area contributed by atoms with E-state index >= 15 is 0 Å². The van der Waals surface area contributed by atoms with Crippen molar-refractivity contribution in [2.45, 2.75) is 18.5 Å². The summed E-state index contributed by atoms with van der Waals surface area (Å²) in [6.07, 6.45) is -3.66. The Morgan fingerprint density at radius 3 is 2.62 bits per heavy atom. The van der Waals surface area contributed by atoms with Gasteiger partial charge in [0.15, 0.2) is 0 Å². The van der Waals surface area contributed by atoms with E-state index in [1.165, 1.54) is 12.1 Å². The summed E-state index contributed by atoms with van der Waals surface area (Å²) in [5, 5.41) is 12.7. The fourth-order valence-electron chi connectivity index (χ4n) is 2.78. The third-order valence-corrected chi connectivity index (χ3v) is 3.78. The predicted octanol–water partition coefficient (Wildman–Crippen LogP) is 4.36. The lowest BCUT2D eigenvalue weighted by molar-refractivity contribution is -0.137. The van der Waals surface area contributed by atoms with Crippen LogP contribution in [0.3, 0.4) is 0 Å². The SMILES string of the molecule is Oc1cccc(C2CCNc3ccc(C(F)(F)F)cc32)c1. The molecule has 0 bridgehead atoms. The first-order chi connectivity index (χ1) is 9.95. The Kier molecular flexibility index (Phi) is 3.27. The van der Waals surface area contributed by atoms with E-state index in [9.17, 15) is 18.3 Å². The lowest BCUT2D eigenvalue weighted by Gasteiger charge is -2.28. The van der Waals surface area contributed by atoms with E-state index in [-0.39, 0.29) is 11.7 Å². The molecule has 1 heterocycles. The van der Waals surface area contributed by atoms with Gasteiger partial charge in [-0.3, -0.25) is 0 Å². The van der Waals surface area contributed by atoms with Crippen molar-refractivity contribution in [1.29, 1.82) is 0 Å². The molecular formula is C16H14F3NO. The van der Waals surface area contributed by atoms with Gasteiger partial charge in [-0.2, -0.15) is 13.2 Å². The van der Waals surface area contributed by atoms with Gasteiger partial charge in [0.1, 0.15) is 5.75 Å². The van der Waals surface area contributed by atoms with Crippen molar-refractivity contribution in [3.05, 3.63) is 59.2 Å². The number of phenols is 1. The van der Waals surface area contributed by atoms with Crippen LogP contribution < -0.4 is 5.32 Å². The summed E-state index contributed by atoms with van der Waals surface area (Å²) < 4.78 is 38.7. The van der Waals surface area contributed by atoms with Crippen LogP contribution in [0, 0.1) is 0 Å². The number of aromatic hydroxyl groups is 1. The van der Waals surface area contributed by atoms with Crippen molar-refractivity contribution >= 4 is 5.69 Å². The lowest BCUT2D eigenvalue weighted by Crippen LogP contribution is -2.19. The molecule has 0 saturated carbocycles. The average molecular weight is 293 g/mol. The number of phenolic OH excluding ortho intramolecular Hbond substituents is 1. The quantitative estimate of drug-likeness (QED) is 0.819. The van der Waals surface area contributed by atoms with Crippen molar-refractivity contribution in [3.8, 4) is 5.75 Å². The van der Waals surface area contributed by atoms with E-state index in [0.717, 1.165) is 17.3 Å². The number of fused-ring (bicyclic) bond motifs is 1. The van der Waals surface area contributed by atoms with Crippen LogP contribution in [0.15, 0.2) is 42.5 Å². The standard InChI is InChI=1S/C16H14F3NO/c17-16(18,19)11-4-5-15-14(9-11)13(6-7-20-15)10-2-1-3-12(21)8-10/h1-5,8-9,13,20-21H,6-7H2. The number of hydrogen-bond donors (Lipinski definition) is 2. The van der Waals surface area contributed by atoms with Gasteiger partial charge in [-0.1, -0.05) is 12.1 Å². The van der Waals surface area contributed by atoms with Crippen LogP contribution in [-0.2, 0) is 6.18 Å². The number of rotatable bonds is 1. The summed E-state index contributed by atoms with van der Waals surface area (Å²) in [6.45, 7) is 0.693. The zero-order valence-electron chi connectivity index (χ0n) is 11.1. The van der Waals surface area contributed by atoms with Crippen molar-refractivity contribution in [2.24, 2.45) is 0 Å². The van der Waals surface area contributed by atoms with E-state index < -0.39 is 11.7 Å². The molecule has 21 heavy (non-hydrogen) atoms. The number of nitrogens with one attached hydrogen (secondary N) is 1. The van der Waals surface area contributed by atoms with Crippen LogP contribution in [-0.4, -0.2) is 11.7 Å². The monoisotopic (exact) mass is 293 g/mol. The molecule has 0 amide bonds. The molecule has 1 unspecified atom stereocenters. The largest absolute Gasteiger partial charge is 0.508 e. The molecule has 1 aliphatic rings. The summed E-state index contributed by atoms with van der Waals surface area (Å²) in [6, 6.07) is 10.5. The van der Waals surface area contributed by atoms with Gasteiger partial charge in [-0.05, 0) is 47.9 Å². The van der Waals surface area contributed by atoms with Gasteiger partial charge in [-0.15, -0.1) is 0 Å². The summed E-state index contributed by atoms with van der Waals surface area (Å²) in [7, 11) is 0. The highest BCUT2D eigenvalue weighted by Gasteiger charge is 2.32. The van der Waals surface area contributed by atoms with Gasteiger partial charge < -0.3 is 10.4 Å². The minimum Gasteiger partial charge on any atom is -0.508 e. The second kappa shape index (κ2) is 4.98. The van der Waals surface area contributed by atoms with E-state index in [2.05, 4.69) is 5.32 Å². The maximum absolute atomic E-state index is 12.9. The molecular weight excluding hydrogens is 279 g/mol. The van der Waals surface area contributed by atoms with Crippen molar-refractivity contribution in [2.75, 3.05) is 11.9 Å². The molecule has 0 radical (unpaired) electrons. The molecule has 0 spiro atoms. The average Bonchev–Trinajstić information content (AvgIpc) is 2.45. The summed E-state index contributed by atoms with van der Waals surface area (Å²) >= 11 is 0. The van der Waals surface area contributed by atoms with E-state index in [1.54, 1.807) is 18.2 Å². The molecule has 0 aromatic heterocycles. The maximum Gasteiger partial charge on any atom is 0.416 e. The molecule has 0 fully saturated rings. The van der Waals surface area contributed by atoms with Crippen LogP contribution in [0.2, 0.25) is 0 Å². The molecule has 0 saturated heterocycles. The fraction of sp³-hybridized carbons (Fsp3) is 0.250. The van der Waals surface area contributed by atoms with E-state index in [1.807, 2.05) is 6.07 Å². The maximum atomic E-state index is 12.9. The van der Waals surface area contributed by atoms with Gasteiger partial charge in [0.2, 0.25) is 0 Å². The van der Waals surface area contributed by atoms with Gasteiger partial charge in [0, 0.05) is 18.2 Å². The molecule has 0 aliphatic carbocycles. The molecule has 1 aliphatic heterocycles. The van der Waals surface area contributed by atoms with Gasteiger partial charge >= 0.3 is 6.18 Å². The van der Waals surface area contributed by atoms with Gasteiger partial charge in [0.05, 0.1) is 5.56 Å². The van der Waals surface area contributed by atoms with Crippen molar-refractivity contribution in [3.63, 3.8) is 0 Å². The summed E-state index contributed by atoms with van der Waals surface area (Å²) in [5.41, 5.74) is 1.54. The zero-order chi connectivity index (χ0) is 15.0. The Morgan fingerprint density at radius 2 is 1.90 bits per heavy atom. The van der Waals surface area contributed by atoms with E-state index in [0.29, 0.717) is 18.5 Å². The molecule has 110 valence electrons. The van der Waals surface area contributed by atoms with Gasteiger partial charge in [0.25, 0.3) is 0 Å². The van der Waals surface area contributed by atoms with Crippen LogP contribution in [0.5, 0.6) is 5.75 Å². The lowest BCUT2D eigenvalue weighted by atomic mass is 9.84. The molecule has 2 aromatic carbocycles. The van der Waals surface area contributed by atoms with Crippen LogP contribution in [0.1, 0.15) is 29.0 Å². The molecule has 2 N–H and O–H groups in total. The Balaban J connectivity index is 2.08. The van der Waals surface area contributed by atoms with Crippen LogP contribution >= 0.6 is 0 Å². The normalized spacial score (nSPS) is 18.0. The fourth-order valence-corrected chi connectivity index (χ4v) is 2.78. The van der Waals surface area contributed by atoms with Crippen LogP contribution in [0.25, 0.3) is 0 Å². The topological polar surface area (TPSA) is 32.3 Å². The highest BCUT2D eigenvalue weighted by atomic mass is 19.4. The number of halogens is 3. The van der Waals surface area contributed by atoms with Crippen molar-refractivity contribution < 1.29 is 18.3 Å². The third-order valence-electron chi connectivity index (χ3n) is 3.78. The Morgan fingerprint density at radius 1 is 1.10 bits per heavy atom. The predicted molar refractivity (Wildman–Crippen MR) is 74.5 cm³/mol. The van der Waals surface area contributed by atoms with Gasteiger partial charge in [-0.25, -0.2) is 0 Å². The minimum atomic E-state index is -4.35.